The van der Waals surface area contributed by atoms with Gasteiger partial charge in [0.15, 0.2) is 0 Å². The molecule has 0 radical (unpaired) electrons. The standard InChI is InChI=1S/C14H25N3O/c1-5-17(6-2)13(18)12-7-9-14(11-15,10-8-12)16(3)4/h12H,5-10H2,1-4H3. The third kappa shape index (κ3) is 2.84. The number of hydrogen-bond donors (Lipinski definition) is 0. The summed E-state index contributed by atoms with van der Waals surface area (Å²) in [5.74, 6) is 0.386. The van der Waals surface area contributed by atoms with Gasteiger partial charge in [0.25, 0.3) is 0 Å². The van der Waals surface area contributed by atoms with Crippen LogP contribution in [0.25, 0.3) is 0 Å². The molecule has 18 heavy (non-hydrogen) atoms. The lowest BCUT2D eigenvalue weighted by atomic mass is 9.76. The second-order valence-electron chi connectivity index (χ2n) is 5.32. The minimum Gasteiger partial charge on any atom is -0.343 e. The second-order valence-corrected chi connectivity index (χ2v) is 5.32. The van der Waals surface area contributed by atoms with Crippen LogP contribution in [0.5, 0.6) is 0 Å². The van der Waals surface area contributed by atoms with Gasteiger partial charge in [0.05, 0.1) is 6.07 Å². The van der Waals surface area contributed by atoms with Crippen LogP contribution in [0, 0.1) is 17.2 Å². The van der Waals surface area contributed by atoms with Gasteiger partial charge in [-0.2, -0.15) is 5.26 Å². The van der Waals surface area contributed by atoms with Gasteiger partial charge in [-0.25, -0.2) is 0 Å². The van der Waals surface area contributed by atoms with Gasteiger partial charge in [0.2, 0.25) is 5.91 Å². The maximum absolute atomic E-state index is 12.3. The van der Waals surface area contributed by atoms with Gasteiger partial charge in [0.1, 0.15) is 5.54 Å². The Kier molecular flexibility index (Phi) is 5.15. The minimum absolute atomic E-state index is 0.117. The van der Waals surface area contributed by atoms with Crippen LogP contribution in [0.2, 0.25) is 0 Å². The maximum atomic E-state index is 12.3. The molecule has 0 N–H and O–H groups in total. The van der Waals surface area contributed by atoms with E-state index in [4.69, 9.17) is 0 Å². The number of nitriles is 1. The van der Waals surface area contributed by atoms with Crippen molar-refractivity contribution in [1.29, 1.82) is 5.26 Å². The molecule has 0 aromatic heterocycles. The molecule has 4 heteroatoms. The molecule has 1 amide bonds. The molecule has 0 aromatic rings. The first-order chi connectivity index (χ1) is 8.50. The second kappa shape index (κ2) is 6.19. The highest BCUT2D eigenvalue weighted by Gasteiger charge is 2.39. The molecule has 0 heterocycles. The van der Waals surface area contributed by atoms with E-state index in [0.717, 1.165) is 38.8 Å². The molecule has 4 nitrogen and oxygen atoms in total. The fourth-order valence-corrected chi connectivity index (χ4v) is 2.79. The Morgan fingerprint density at radius 1 is 1.28 bits per heavy atom. The molecule has 1 aliphatic carbocycles. The Morgan fingerprint density at radius 2 is 1.78 bits per heavy atom. The zero-order valence-corrected chi connectivity index (χ0v) is 12.1. The third-order valence-electron chi connectivity index (χ3n) is 4.30. The van der Waals surface area contributed by atoms with E-state index in [1.165, 1.54) is 0 Å². The monoisotopic (exact) mass is 251 g/mol. The Hall–Kier alpha value is -1.08. The Labute approximate surface area is 111 Å². The summed E-state index contributed by atoms with van der Waals surface area (Å²) in [6, 6.07) is 2.43. The molecule has 1 fully saturated rings. The summed E-state index contributed by atoms with van der Waals surface area (Å²) in [6.45, 7) is 5.60. The first kappa shape index (κ1) is 15.0. The van der Waals surface area contributed by atoms with Crippen molar-refractivity contribution >= 4 is 5.91 Å². The molecule has 1 aliphatic rings. The van der Waals surface area contributed by atoms with E-state index in [1.54, 1.807) is 0 Å². The molecule has 1 rings (SSSR count). The van der Waals surface area contributed by atoms with Crippen molar-refractivity contribution in [1.82, 2.24) is 9.80 Å². The predicted molar refractivity (Wildman–Crippen MR) is 71.9 cm³/mol. The summed E-state index contributed by atoms with van der Waals surface area (Å²) < 4.78 is 0. The van der Waals surface area contributed by atoms with Crippen molar-refractivity contribution in [3.05, 3.63) is 0 Å². The lowest BCUT2D eigenvalue weighted by molar-refractivity contribution is -0.136. The molecule has 0 aliphatic heterocycles. The highest BCUT2D eigenvalue weighted by atomic mass is 16.2. The smallest absolute Gasteiger partial charge is 0.225 e. The van der Waals surface area contributed by atoms with Gasteiger partial charge in [0, 0.05) is 19.0 Å². The molecular weight excluding hydrogens is 226 g/mol. The average molecular weight is 251 g/mol. The molecule has 0 saturated heterocycles. The summed E-state index contributed by atoms with van der Waals surface area (Å²) in [5.41, 5.74) is -0.361. The molecular formula is C14H25N3O. The van der Waals surface area contributed by atoms with E-state index in [0.29, 0.717) is 0 Å². The number of amides is 1. The molecule has 102 valence electrons. The number of hydrogen-bond acceptors (Lipinski definition) is 3. The lowest BCUT2D eigenvalue weighted by Gasteiger charge is -2.40. The van der Waals surface area contributed by atoms with Crippen LogP contribution in [-0.4, -0.2) is 48.4 Å². The van der Waals surface area contributed by atoms with Crippen molar-refractivity contribution in [2.24, 2.45) is 5.92 Å². The first-order valence-electron chi connectivity index (χ1n) is 6.88. The summed E-state index contributed by atoms with van der Waals surface area (Å²) in [4.78, 5) is 16.2. The van der Waals surface area contributed by atoms with Gasteiger partial charge in [-0.3, -0.25) is 9.69 Å². The fourth-order valence-electron chi connectivity index (χ4n) is 2.79. The Morgan fingerprint density at radius 3 is 2.11 bits per heavy atom. The molecule has 0 spiro atoms. The van der Waals surface area contributed by atoms with Crippen LogP contribution < -0.4 is 0 Å². The Bertz CT molecular complexity index is 320. The van der Waals surface area contributed by atoms with Gasteiger partial charge in [-0.1, -0.05) is 0 Å². The summed E-state index contributed by atoms with van der Waals surface area (Å²) >= 11 is 0. The predicted octanol–water partition coefficient (Wildman–Crippen LogP) is 1.87. The highest BCUT2D eigenvalue weighted by Crippen LogP contribution is 2.35. The largest absolute Gasteiger partial charge is 0.343 e. The van der Waals surface area contributed by atoms with Crippen molar-refractivity contribution < 1.29 is 4.79 Å². The molecule has 0 atom stereocenters. The van der Waals surface area contributed by atoms with Crippen molar-refractivity contribution in [3.63, 3.8) is 0 Å². The van der Waals surface area contributed by atoms with Gasteiger partial charge in [-0.15, -0.1) is 0 Å². The zero-order chi connectivity index (χ0) is 13.8. The van der Waals surface area contributed by atoms with Crippen molar-refractivity contribution in [2.75, 3.05) is 27.2 Å². The van der Waals surface area contributed by atoms with Gasteiger partial charge >= 0.3 is 0 Å². The maximum Gasteiger partial charge on any atom is 0.225 e. The van der Waals surface area contributed by atoms with Crippen molar-refractivity contribution in [3.8, 4) is 6.07 Å². The summed E-state index contributed by atoms with van der Waals surface area (Å²) in [7, 11) is 3.91. The molecule has 0 aromatic carbocycles. The van der Waals surface area contributed by atoms with E-state index >= 15 is 0 Å². The van der Waals surface area contributed by atoms with E-state index in [1.807, 2.05) is 37.7 Å². The van der Waals surface area contributed by atoms with Crippen LogP contribution in [0.4, 0.5) is 0 Å². The van der Waals surface area contributed by atoms with Crippen LogP contribution in [0.15, 0.2) is 0 Å². The third-order valence-corrected chi connectivity index (χ3v) is 4.30. The number of rotatable bonds is 4. The topological polar surface area (TPSA) is 47.3 Å². The van der Waals surface area contributed by atoms with Crippen LogP contribution in [0.1, 0.15) is 39.5 Å². The van der Waals surface area contributed by atoms with Crippen LogP contribution in [-0.2, 0) is 4.79 Å². The minimum atomic E-state index is -0.361. The number of carbonyl (C=O) groups is 1. The van der Waals surface area contributed by atoms with E-state index in [9.17, 15) is 10.1 Å². The van der Waals surface area contributed by atoms with E-state index in [-0.39, 0.29) is 17.4 Å². The summed E-state index contributed by atoms with van der Waals surface area (Å²) in [6.07, 6.45) is 3.27. The fraction of sp³-hybridized carbons (Fsp3) is 0.857. The normalized spacial score (nSPS) is 27.9. The lowest BCUT2D eigenvalue weighted by Crippen LogP contribution is -2.48. The Balaban J connectivity index is 2.64. The summed E-state index contributed by atoms with van der Waals surface area (Å²) in [5, 5.41) is 9.35. The zero-order valence-electron chi connectivity index (χ0n) is 12.1. The first-order valence-corrected chi connectivity index (χ1v) is 6.88. The van der Waals surface area contributed by atoms with Crippen LogP contribution in [0.3, 0.4) is 0 Å². The molecule has 1 saturated carbocycles. The SMILES string of the molecule is CCN(CC)C(=O)C1CCC(C#N)(N(C)C)CC1. The van der Waals surface area contributed by atoms with E-state index < -0.39 is 0 Å². The number of carbonyl (C=O) groups excluding carboxylic acids is 1. The van der Waals surface area contributed by atoms with Gasteiger partial charge in [-0.05, 0) is 53.6 Å². The molecule has 0 unspecified atom stereocenters. The molecule has 0 bridgehead atoms. The van der Waals surface area contributed by atoms with Crippen LogP contribution >= 0.6 is 0 Å². The van der Waals surface area contributed by atoms with Crippen molar-refractivity contribution in [2.45, 2.75) is 45.1 Å². The van der Waals surface area contributed by atoms with E-state index in [2.05, 4.69) is 6.07 Å². The highest BCUT2D eigenvalue weighted by molar-refractivity contribution is 5.79. The quantitative estimate of drug-likeness (QED) is 0.766. The number of nitrogens with zero attached hydrogens (tertiary/aromatic N) is 3. The average Bonchev–Trinajstić information content (AvgIpc) is 2.39. The van der Waals surface area contributed by atoms with Gasteiger partial charge < -0.3 is 4.90 Å².